The van der Waals surface area contributed by atoms with Gasteiger partial charge in [-0.25, -0.2) is 4.98 Å². The molecule has 2 bridgehead atoms. The number of carbonyl (C=O) groups is 2. The number of amides is 2. The molecule has 1 heterocycles. The highest BCUT2D eigenvalue weighted by Gasteiger charge is 2.53. The second kappa shape index (κ2) is 8.71. The zero-order chi connectivity index (χ0) is 24.9. The molecule has 0 radical (unpaired) electrons. The molecule has 2 amide bonds. The van der Waals surface area contributed by atoms with Gasteiger partial charge in [-0.15, -0.1) is 11.3 Å². The summed E-state index contributed by atoms with van der Waals surface area (Å²) >= 11 is 1.41. The van der Waals surface area contributed by atoms with E-state index in [1.54, 1.807) is 6.07 Å². The average molecular weight is 494 g/mol. The first kappa shape index (κ1) is 22.7. The monoisotopic (exact) mass is 493 g/mol. The number of rotatable bonds is 5. The summed E-state index contributed by atoms with van der Waals surface area (Å²) in [6.45, 7) is 4.56. The van der Waals surface area contributed by atoms with Gasteiger partial charge < -0.3 is 10.6 Å². The Morgan fingerprint density at radius 2 is 1.64 bits per heavy atom. The Labute approximate surface area is 214 Å². The number of nitrogens with one attached hydrogen (secondary N) is 2. The summed E-state index contributed by atoms with van der Waals surface area (Å²) in [6, 6.07) is 24.5. The second-order valence-electron chi connectivity index (χ2n) is 9.80. The molecule has 3 aliphatic carbocycles. The molecule has 3 aromatic carbocycles. The van der Waals surface area contributed by atoms with Crippen LogP contribution in [0.1, 0.15) is 64.7 Å². The van der Waals surface area contributed by atoms with Gasteiger partial charge in [0.05, 0.1) is 11.1 Å². The fourth-order valence-corrected chi connectivity index (χ4v) is 6.69. The van der Waals surface area contributed by atoms with Crippen molar-refractivity contribution in [3.63, 3.8) is 0 Å². The van der Waals surface area contributed by atoms with Crippen molar-refractivity contribution in [2.24, 2.45) is 5.41 Å². The lowest BCUT2D eigenvalue weighted by atomic mass is 9.52. The predicted octanol–water partition coefficient (Wildman–Crippen LogP) is 6.19. The van der Waals surface area contributed by atoms with Crippen LogP contribution in [0.5, 0.6) is 0 Å². The maximum Gasteiger partial charge on any atom is 0.251 e. The van der Waals surface area contributed by atoms with Crippen molar-refractivity contribution in [3.8, 4) is 11.3 Å². The van der Waals surface area contributed by atoms with E-state index in [4.69, 9.17) is 4.98 Å². The molecule has 6 heteroatoms. The Morgan fingerprint density at radius 1 is 0.972 bits per heavy atom. The Kier molecular flexibility index (Phi) is 5.49. The topological polar surface area (TPSA) is 71.1 Å². The van der Waals surface area contributed by atoms with Crippen LogP contribution in [-0.2, 0) is 4.79 Å². The first-order chi connectivity index (χ1) is 17.5. The van der Waals surface area contributed by atoms with E-state index >= 15 is 0 Å². The molecule has 3 aliphatic rings. The van der Waals surface area contributed by atoms with Crippen LogP contribution < -0.4 is 10.6 Å². The smallest absolute Gasteiger partial charge is 0.251 e. The summed E-state index contributed by atoms with van der Waals surface area (Å²) in [6.07, 6.45) is 0.768. The summed E-state index contributed by atoms with van der Waals surface area (Å²) < 4.78 is 0. The van der Waals surface area contributed by atoms with Gasteiger partial charge in [-0.05, 0) is 54.7 Å². The Hall–Kier alpha value is -3.77. The molecule has 36 heavy (non-hydrogen) atoms. The van der Waals surface area contributed by atoms with E-state index in [-0.39, 0.29) is 23.7 Å². The molecule has 5 nitrogen and oxygen atoms in total. The second-order valence-corrected chi connectivity index (χ2v) is 10.7. The largest absolute Gasteiger partial charge is 0.352 e. The Balaban J connectivity index is 1.29. The lowest BCUT2D eigenvalue weighted by Gasteiger charge is -2.50. The molecular weight excluding hydrogens is 466 g/mol. The van der Waals surface area contributed by atoms with Gasteiger partial charge in [0.1, 0.15) is 0 Å². The molecule has 0 aliphatic heterocycles. The van der Waals surface area contributed by atoms with E-state index in [1.165, 1.54) is 33.6 Å². The van der Waals surface area contributed by atoms with Gasteiger partial charge in [0, 0.05) is 34.9 Å². The average Bonchev–Trinajstić information content (AvgIpc) is 3.37. The predicted molar refractivity (Wildman–Crippen MR) is 143 cm³/mol. The fraction of sp³-hybridized carbons (Fsp3) is 0.233. The normalized spacial score (nSPS) is 21.4. The van der Waals surface area contributed by atoms with Crippen LogP contribution >= 0.6 is 11.3 Å². The maximum atomic E-state index is 13.9. The molecule has 4 aromatic rings. The zero-order valence-electron chi connectivity index (χ0n) is 20.2. The van der Waals surface area contributed by atoms with Gasteiger partial charge in [-0.3, -0.25) is 9.59 Å². The molecule has 0 fully saturated rings. The zero-order valence-corrected chi connectivity index (χ0v) is 21.1. The number of hydrogen-bond donors (Lipinski definition) is 2. The van der Waals surface area contributed by atoms with Crippen LogP contribution in [0.2, 0.25) is 0 Å². The van der Waals surface area contributed by atoms with E-state index in [0.29, 0.717) is 17.2 Å². The van der Waals surface area contributed by atoms with Crippen molar-refractivity contribution in [1.82, 2.24) is 10.3 Å². The van der Waals surface area contributed by atoms with Crippen molar-refractivity contribution >= 4 is 28.3 Å². The van der Waals surface area contributed by atoms with Gasteiger partial charge in [0.2, 0.25) is 5.91 Å². The van der Waals surface area contributed by atoms with Gasteiger partial charge >= 0.3 is 0 Å². The minimum Gasteiger partial charge on any atom is -0.352 e. The van der Waals surface area contributed by atoms with Gasteiger partial charge in [-0.2, -0.15) is 0 Å². The fourth-order valence-electron chi connectivity index (χ4n) is 5.98. The number of thiazole rings is 1. The minimum absolute atomic E-state index is 0.00141. The van der Waals surface area contributed by atoms with Crippen LogP contribution in [0.4, 0.5) is 5.13 Å². The van der Waals surface area contributed by atoms with Crippen LogP contribution in [-0.4, -0.2) is 23.3 Å². The first-order valence-corrected chi connectivity index (χ1v) is 13.2. The van der Waals surface area contributed by atoms with E-state index in [0.717, 1.165) is 17.7 Å². The Bertz CT molecular complexity index is 1450. The third kappa shape index (κ3) is 3.56. The van der Waals surface area contributed by atoms with Gasteiger partial charge in [0.25, 0.3) is 5.91 Å². The maximum absolute atomic E-state index is 13.9. The summed E-state index contributed by atoms with van der Waals surface area (Å²) in [7, 11) is 0. The number of anilines is 1. The molecule has 0 saturated carbocycles. The van der Waals surface area contributed by atoms with Gasteiger partial charge in [0.15, 0.2) is 5.13 Å². The lowest BCUT2D eigenvalue weighted by Crippen LogP contribution is -2.47. The van der Waals surface area contributed by atoms with E-state index in [9.17, 15) is 9.59 Å². The first-order valence-electron chi connectivity index (χ1n) is 12.3. The van der Waals surface area contributed by atoms with Crippen molar-refractivity contribution in [3.05, 3.63) is 106 Å². The molecule has 1 atom stereocenters. The third-order valence-corrected chi connectivity index (χ3v) is 8.39. The van der Waals surface area contributed by atoms with Crippen molar-refractivity contribution in [2.75, 3.05) is 11.9 Å². The molecular formula is C30H27N3O2S. The number of fused-ring (bicyclic) bond motifs is 1. The van der Waals surface area contributed by atoms with Crippen LogP contribution in [0, 0.1) is 5.41 Å². The van der Waals surface area contributed by atoms with E-state index < -0.39 is 5.41 Å². The highest BCUT2D eigenvalue weighted by atomic mass is 32.1. The summed E-state index contributed by atoms with van der Waals surface area (Å²) in [5, 5.41) is 8.46. The number of aromatic nitrogens is 1. The van der Waals surface area contributed by atoms with Crippen LogP contribution in [0.25, 0.3) is 11.3 Å². The lowest BCUT2D eigenvalue weighted by molar-refractivity contribution is -0.126. The van der Waals surface area contributed by atoms with Crippen molar-refractivity contribution < 1.29 is 9.59 Å². The van der Waals surface area contributed by atoms with Crippen molar-refractivity contribution in [2.45, 2.75) is 32.1 Å². The number of hydrogen-bond acceptors (Lipinski definition) is 4. The van der Waals surface area contributed by atoms with E-state index in [2.05, 4.69) is 66.1 Å². The minimum atomic E-state index is -0.586. The number of carbonyl (C=O) groups excluding carboxylic acids is 2. The summed E-state index contributed by atoms with van der Waals surface area (Å²) in [5.41, 5.74) is 6.80. The molecule has 180 valence electrons. The highest BCUT2D eigenvalue weighted by Crippen LogP contribution is 2.61. The van der Waals surface area contributed by atoms with Crippen LogP contribution in [0.15, 0.2) is 78.2 Å². The molecule has 0 saturated heterocycles. The summed E-state index contributed by atoms with van der Waals surface area (Å²) in [5.74, 6) is 0.104. The molecule has 1 unspecified atom stereocenters. The summed E-state index contributed by atoms with van der Waals surface area (Å²) in [4.78, 5) is 30.8. The molecule has 1 aromatic heterocycles. The van der Waals surface area contributed by atoms with Crippen LogP contribution in [0.3, 0.4) is 0 Å². The van der Waals surface area contributed by atoms with Crippen molar-refractivity contribution in [1.29, 1.82) is 0 Å². The number of benzene rings is 3. The Morgan fingerprint density at radius 3 is 2.31 bits per heavy atom. The molecule has 0 spiro atoms. The SMILES string of the molecule is CCNC(=O)c1cccc(-c2csc(NC(=O)C3(C)CC4c5ccccc5C3c3ccccc34)n2)c1. The number of nitrogens with zero attached hydrogens (tertiary/aromatic N) is 1. The third-order valence-electron chi connectivity index (χ3n) is 7.63. The standard InChI is InChI=1S/C30H27N3O2S/c1-3-31-27(34)19-10-8-9-18(15-19)25-17-36-29(32-25)33-28(35)30(2)16-24-20-11-4-6-13-22(20)26(30)23-14-7-5-12-21(23)24/h4-15,17,24,26H,3,16H2,1-2H3,(H,31,34)(H,32,33,35). The van der Waals surface area contributed by atoms with Gasteiger partial charge in [-0.1, -0.05) is 60.7 Å². The molecule has 2 N–H and O–H groups in total. The van der Waals surface area contributed by atoms with E-state index in [1.807, 2.05) is 30.5 Å². The highest BCUT2D eigenvalue weighted by molar-refractivity contribution is 7.14. The quantitative estimate of drug-likeness (QED) is 0.348. The molecule has 7 rings (SSSR count).